The van der Waals surface area contributed by atoms with Crippen LogP contribution in [0.5, 0.6) is 0 Å². The van der Waals surface area contributed by atoms with Crippen LogP contribution in [0.3, 0.4) is 0 Å². The molecule has 5 heteroatoms. The molecule has 0 radical (unpaired) electrons. The van der Waals surface area contributed by atoms with Gasteiger partial charge in [-0.2, -0.15) is 0 Å². The van der Waals surface area contributed by atoms with Gasteiger partial charge in [-0.25, -0.2) is 9.38 Å². The van der Waals surface area contributed by atoms with Crippen molar-refractivity contribution in [1.29, 1.82) is 0 Å². The van der Waals surface area contributed by atoms with Gasteiger partial charge in [0.1, 0.15) is 24.0 Å². The maximum Gasteiger partial charge on any atom is 0.146 e. The predicted molar refractivity (Wildman–Crippen MR) is 94.9 cm³/mol. The largest absolute Gasteiger partial charge is 0.491 e. The topological polar surface area (TPSA) is 60.0 Å². The summed E-state index contributed by atoms with van der Waals surface area (Å²) < 4.78 is 20.3. The lowest BCUT2D eigenvalue weighted by Gasteiger charge is -2.17. The van der Waals surface area contributed by atoms with Crippen LogP contribution in [0.1, 0.15) is 40.0 Å². The second kappa shape index (κ2) is 9.77. The Bertz CT molecular complexity index is 571. The van der Waals surface area contributed by atoms with Gasteiger partial charge in [-0.05, 0) is 25.3 Å². The molecular weight excluding hydrogens is 293 g/mol. The normalized spacial score (nSPS) is 20.0. The van der Waals surface area contributed by atoms with E-state index in [1.165, 1.54) is 6.20 Å². The number of rotatable bonds is 7. The third-order valence-electron chi connectivity index (χ3n) is 3.43. The van der Waals surface area contributed by atoms with Crippen molar-refractivity contribution in [2.75, 3.05) is 6.61 Å². The highest BCUT2D eigenvalue weighted by molar-refractivity contribution is 5.90. The van der Waals surface area contributed by atoms with Crippen LogP contribution in [0.4, 0.5) is 4.39 Å². The van der Waals surface area contributed by atoms with E-state index in [4.69, 9.17) is 10.5 Å². The molecule has 1 atom stereocenters. The molecule has 23 heavy (non-hydrogen) atoms. The van der Waals surface area contributed by atoms with Crippen LogP contribution in [0.15, 0.2) is 57.9 Å². The molecule has 0 aromatic rings. The SMILES string of the molecule is C=C(/C=C\C)CO/C(CC)=C(\F)C(C)C1=N/C=C(/N)N=CCC1. The monoisotopic (exact) mass is 319 g/mol. The first-order valence-electron chi connectivity index (χ1n) is 7.86. The van der Waals surface area contributed by atoms with Gasteiger partial charge in [-0.15, -0.1) is 0 Å². The molecule has 0 bridgehead atoms. The molecule has 126 valence electrons. The number of hydrogen-bond acceptors (Lipinski definition) is 4. The van der Waals surface area contributed by atoms with Gasteiger partial charge in [0, 0.05) is 24.3 Å². The van der Waals surface area contributed by atoms with Gasteiger partial charge in [0.2, 0.25) is 0 Å². The van der Waals surface area contributed by atoms with Gasteiger partial charge in [0.15, 0.2) is 0 Å². The molecule has 4 nitrogen and oxygen atoms in total. The second-order valence-corrected chi connectivity index (χ2v) is 5.32. The molecule has 1 aliphatic heterocycles. The molecule has 1 unspecified atom stereocenters. The highest BCUT2D eigenvalue weighted by atomic mass is 19.1. The Balaban J connectivity index is 2.89. The minimum absolute atomic E-state index is 0.277. The summed E-state index contributed by atoms with van der Waals surface area (Å²) in [5, 5.41) is 0. The summed E-state index contributed by atoms with van der Waals surface area (Å²) in [5.74, 6) is -0.0635. The zero-order chi connectivity index (χ0) is 17.2. The molecule has 0 saturated carbocycles. The van der Waals surface area contributed by atoms with E-state index in [-0.39, 0.29) is 12.4 Å². The Labute approximate surface area is 138 Å². The van der Waals surface area contributed by atoms with Crippen molar-refractivity contribution >= 4 is 11.9 Å². The summed E-state index contributed by atoms with van der Waals surface area (Å²) in [5.41, 5.74) is 7.18. The van der Waals surface area contributed by atoms with Crippen LogP contribution in [-0.4, -0.2) is 18.5 Å². The summed E-state index contributed by atoms with van der Waals surface area (Å²) in [4.78, 5) is 8.28. The maximum absolute atomic E-state index is 14.8. The van der Waals surface area contributed by atoms with E-state index in [1.807, 2.05) is 26.0 Å². The molecule has 0 aliphatic carbocycles. The minimum Gasteiger partial charge on any atom is -0.491 e. The first-order chi connectivity index (χ1) is 11.0. The van der Waals surface area contributed by atoms with Gasteiger partial charge in [-0.3, -0.25) is 4.99 Å². The van der Waals surface area contributed by atoms with Crippen LogP contribution in [0, 0.1) is 5.92 Å². The Morgan fingerprint density at radius 1 is 1.57 bits per heavy atom. The molecule has 0 amide bonds. The Hall–Kier alpha value is -2.17. The van der Waals surface area contributed by atoms with E-state index in [9.17, 15) is 4.39 Å². The summed E-state index contributed by atoms with van der Waals surface area (Å²) >= 11 is 0. The van der Waals surface area contributed by atoms with Gasteiger partial charge < -0.3 is 10.5 Å². The molecule has 2 N–H and O–H groups in total. The van der Waals surface area contributed by atoms with Crippen molar-refractivity contribution in [2.45, 2.75) is 40.0 Å². The first-order valence-corrected chi connectivity index (χ1v) is 7.86. The van der Waals surface area contributed by atoms with Crippen LogP contribution in [0.2, 0.25) is 0 Å². The quantitative estimate of drug-likeness (QED) is 0.557. The van der Waals surface area contributed by atoms with Gasteiger partial charge in [0.25, 0.3) is 0 Å². The third-order valence-corrected chi connectivity index (χ3v) is 3.43. The lowest BCUT2D eigenvalue weighted by molar-refractivity contribution is 0.216. The van der Waals surface area contributed by atoms with Crippen LogP contribution in [-0.2, 0) is 4.74 Å². The fraction of sp³-hybridized carbons (Fsp3) is 0.444. The van der Waals surface area contributed by atoms with Crippen LogP contribution >= 0.6 is 0 Å². The average molecular weight is 319 g/mol. The van der Waals surface area contributed by atoms with E-state index in [1.54, 1.807) is 13.1 Å². The standard InChI is InChI=1S/C18H26FN3O/c1-5-8-13(3)12-23-16(6-2)18(19)14(4)15-9-7-10-21-17(20)11-22-15/h5,8,10-11,14H,3,6-7,9,12,20H2,1-2,4H3/b8-5-,17-11-,18-16-,21-10?,22-15?. The zero-order valence-electron chi connectivity index (χ0n) is 14.2. The van der Waals surface area contributed by atoms with Crippen molar-refractivity contribution in [3.63, 3.8) is 0 Å². The predicted octanol–water partition coefficient (Wildman–Crippen LogP) is 4.43. The van der Waals surface area contributed by atoms with Crippen molar-refractivity contribution in [2.24, 2.45) is 21.6 Å². The highest BCUT2D eigenvalue weighted by Crippen LogP contribution is 2.24. The first kappa shape index (κ1) is 18.9. The number of hydrogen-bond donors (Lipinski definition) is 1. The van der Waals surface area contributed by atoms with E-state index in [0.717, 1.165) is 11.3 Å². The van der Waals surface area contributed by atoms with Gasteiger partial charge >= 0.3 is 0 Å². The number of aliphatic imine (C=N–C) groups is 2. The van der Waals surface area contributed by atoms with Gasteiger partial charge in [0.05, 0.1) is 6.20 Å². The molecule has 1 rings (SSSR count). The smallest absolute Gasteiger partial charge is 0.146 e. The molecule has 0 aromatic heterocycles. The Morgan fingerprint density at radius 3 is 2.96 bits per heavy atom. The lowest BCUT2D eigenvalue weighted by Crippen LogP contribution is -2.15. The summed E-state index contributed by atoms with van der Waals surface area (Å²) in [6, 6.07) is 0. The minimum atomic E-state index is -0.449. The maximum atomic E-state index is 14.8. The van der Waals surface area contributed by atoms with Crippen molar-refractivity contribution in [3.05, 3.63) is 47.9 Å². The van der Waals surface area contributed by atoms with E-state index >= 15 is 0 Å². The summed E-state index contributed by atoms with van der Waals surface area (Å²) in [6.07, 6.45) is 8.73. The second-order valence-electron chi connectivity index (χ2n) is 5.32. The molecular formula is C18H26FN3O. The Kier molecular flexibility index (Phi) is 8.02. The number of allylic oxidation sites excluding steroid dienone is 3. The lowest BCUT2D eigenvalue weighted by atomic mass is 9.98. The highest BCUT2D eigenvalue weighted by Gasteiger charge is 2.20. The molecule has 0 spiro atoms. The fourth-order valence-corrected chi connectivity index (χ4v) is 2.15. The van der Waals surface area contributed by atoms with Crippen LogP contribution in [0.25, 0.3) is 0 Å². The molecule has 0 saturated heterocycles. The number of halogens is 1. The number of nitrogens with two attached hydrogens (primary N) is 1. The molecule has 1 heterocycles. The average Bonchev–Trinajstić information content (AvgIpc) is 2.51. The van der Waals surface area contributed by atoms with E-state index in [0.29, 0.717) is 30.8 Å². The van der Waals surface area contributed by atoms with Crippen molar-refractivity contribution < 1.29 is 9.13 Å². The molecule has 0 fully saturated rings. The Morgan fingerprint density at radius 2 is 2.30 bits per heavy atom. The molecule has 1 aliphatic rings. The van der Waals surface area contributed by atoms with E-state index in [2.05, 4.69) is 16.6 Å². The van der Waals surface area contributed by atoms with Crippen LogP contribution < -0.4 is 5.73 Å². The molecule has 0 aromatic carbocycles. The van der Waals surface area contributed by atoms with E-state index < -0.39 is 5.92 Å². The number of nitrogens with zero attached hydrogens (tertiary/aromatic N) is 2. The summed E-state index contributed by atoms with van der Waals surface area (Å²) in [6.45, 7) is 9.69. The van der Waals surface area contributed by atoms with Gasteiger partial charge in [-0.1, -0.05) is 32.6 Å². The number of ether oxygens (including phenoxy) is 1. The van der Waals surface area contributed by atoms with Crippen molar-refractivity contribution in [1.82, 2.24) is 0 Å². The summed E-state index contributed by atoms with van der Waals surface area (Å²) in [7, 11) is 0. The fourth-order valence-electron chi connectivity index (χ4n) is 2.15. The van der Waals surface area contributed by atoms with Crippen molar-refractivity contribution in [3.8, 4) is 0 Å². The zero-order valence-corrected chi connectivity index (χ0v) is 14.2. The third kappa shape index (κ3) is 6.22.